The van der Waals surface area contributed by atoms with E-state index in [0.29, 0.717) is 22.7 Å². The van der Waals surface area contributed by atoms with Crippen LogP contribution in [0.1, 0.15) is 62.4 Å². The molecule has 2 N–H and O–H groups in total. The lowest BCUT2D eigenvalue weighted by atomic mass is 9.96. The second-order valence-electron chi connectivity index (χ2n) is 10.1. The number of aryl methyl sites for hydroxylation is 3. The van der Waals surface area contributed by atoms with E-state index >= 15 is 0 Å². The fourth-order valence-electron chi connectivity index (χ4n) is 3.93. The Labute approximate surface area is 230 Å². The van der Waals surface area contributed by atoms with Crippen molar-refractivity contribution in [2.45, 2.75) is 72.6 Å². The van der Waals surface area contributed by atoms with Crippen LogP contribution in [0.15, 0.2) is 36.4 Å². The third-order valence-corrected chi connectivity index (χ3v) is 6.36. The predicted octanol–water partition coefficient (Wildman–Crippen LogP) is 6.01. The van der Waals surface area contributed by atoms with Gasteiger partial charge in [-0.3, -0.25) is 9.59 Å². The van der Waals surface area contributed by atoms with Gasteiger partial charge in [-0.2, -0.15) is 12.6 Å². The Balaban J connectivity index is 2.54. The minimum atomic E-state index is -0.993. The number of rotatable bonds is 9. The summed E-state index contributed by atoms with van der Waals surface area (Å²) in [4.78, 5) is 41.8. The van der Waals surface area contributed by atoms with E-state index in [0.717, 1.165) is 16.7 Å². The normalized spacial score (nSPS) is 12.9. The molecular weight excluding hydrogens is 510 g/mol. The van der Waals surface area contributed by atoms with Crippen LogP contribution < -0.4 is 10.6 Å². The molecule has 0 aliphatic rings. The molecule has 202 valence electrons. The van der Waals surface area contributed by atoms with Gasteiger partial charge in [-0.1, -0.05) is 54.4 Å². The lowest BCUT2D eigenvalue weighted by Crippen LogP contribution is -2.53. The van der Waals surface area contributed by atoms with Crippen molar-refractivity contribution >= 4 is 47.8 Å². The fraction of sp³-hybridized carbons (Fsp3) is 0.464. The minimum Gasteiger partial charge on any atom is -0.444 e. The van der Waals surface area contributed by atoms with E-state index in [1.54, 1.807) is 26.8 Å². The third-order valence-electron chi connectivity index (χ3n) is 5.68. The topological polar surface area (TPSA) is 87.7 Å². The van der Waals surface area contributed by atoms with E-state index in [9.17, 15) is 14.4 Å². The van der Waals surface area contributed by atoms with Gasteiger partial charge in [0.1, 0.15) is 17.7 Å². The van der Waals surface area contributed by atoms with Gasteiger partial charge in [0, 0.05) is 12.3 Å². The fourth-order valence-corrected chi connectivity index (χ4v) is 4.45. The van der Waals surface area contributed by atoms with Crippen molar-refractivity contribution in [1.29, 1.82) is 0 Å². The monoisotopic (exact) mass is 547 g/mol. The van der Waals surface area contributed by atoms with Crippen LogP contribution in [0, 0.1) is 20.8 Å². The van der Waals surface area contributed by atoms with Gasteiger partial charge in [-0.15, -0.1) is 0 Å². The van der Waals surface area contributed by atoms with Crippen LogP contribution in [0.2, 0.25) is 5.02 Å². The van der Waals surface area contributed by atoms with Crippen molar-refractivity contribution in [1.82, 2.24) is 10.2 Å². The molecule has 0 bridgehead atoms. The van der Waals surface area contributed by atoms with E-state index in [4.69, 9.17) is 16.3 Å². The molecule has 0 radical (unpaired) electrons. The van der Waals surface area contributed by atoms with Crippen molar-refractivity contribution in [3.05, 3.63) is 63.7 Å². The number of anilines is 1. The second-order valence-corrected chi connectivity index (χ2v) is 10.9. The molecule has 2 aromatic carbocycles. The molecule has 0 aromatic heterocycles. The van der Waals surface area contributed by atoms with Crippen molar-refractivity contribution in [3.8, 4) is 0 Å². The van der Waals surface area contributed by atoms with Crippen molar-refractivity contribution in [3.63, 3.8) is 0 Å². The molecule has 0 saturated carbocycles. The molecule has 37 heavy (non-hydrogen) atoms. The summed E-state index contributed by atoms with van der Waals surface area (Å²) in [5, 5.41) is 5.97. The lowest BCUT2D eigenvalue weighted by molar-refractivity contribution is -0.140. The predicted molar refractivity (Wildman–Crippen MR) is 152 cm³/mol. The number of thiol groups is 1. The molecular formula is C28H38ClN3O4S. The quantitative estimate of drug-likeness (QED) is 0.336. The van der Waals surface area contributed by atoms with E-state index in [1.807, 2.05) is 58.0 Å². The maximum atomic E-state index is 13.9. The van der Waals surface area contributed by atoms with Crippen LogP contribution >= 0.6 is 24.2 Å². The summed E-state index contributed by atoms with van der Waals surface area (Å²) in [6, 6.07) is 9.19. The first-order chi connectivity index (χ1) is 17.3. The maximum absolute atomic E-state index is 13.9. The zero-order valence-electron chi connectivity index (χ0n) is 22.6. The number of nitrogens with one attached hydrogen (secondary N) is 2. The number of halogens is 1. The Morgan fingerprint density at radius 3 is 2.32 bits per heavy atom. The van der Waals surface area contributed by atoms with Gasteiger partial charge in [0.15, 0.2) is 0 Å². The number of carbonyl (C=O) groups is 3. The van der Waals surface area contributed by atoms with Gasteiger partial charge in [0.25, 0.3) is 5.91 Å². The number of para-hydroxylation sites is 1. The minimum absolute atomic E-state index is 0.0308. The number of ether oxygens (including phenoxy) is 1. The Morgan fingerprint density at radius 2 is 1.76 bits per heavy atom. The number of hydrogen-bond donors (Lipinski definition) is 3. The van der Waals surface area contributed by atoms with Crippen LogP contribution in [0.25, 0.3) is 0 Å². The summed E-state index contributed by atoms with van der Waals surface area (Å²) in [5.74, 6) is -0.801. The molecule has 0 saturated heterocycles. The molecule has 2 rings (SSSR count). The standard InChI is InChI=1S/C28H38ClN3O4S/c1-8-14-32(26(34)22(16-37)30-27(35)36-28(5,6)7)24(20-15-17(2)12-13-18(20)3)25(33)31-23-19(4)10-9-11-21(23)29/h9-13,15,22,24,37H,8,14,16H2,1-7H3,(H,30,35)(H,31,33). The summed E-state index contributed by atoms with van der Waals surface area (Å²) in [5.41, 5.74) is 3.07. The maximum Gasteiger partial charge on any atom is 0.408 e. The summed E-state index contributed by atoms with van der Waals surface area (Å²) in [6.07, 6.45) is -0.132. The third kappa shape index (κ3) is 8.40. The molecule has 0 fully saturated rings. The molecule has 0 spiro atoms. The summed E-state index contributed by atoms with van der Waals surface area (Å²) in [6.45, 7) is 13.1. The highest BCUT2D eigenvalue weighted by Gasteiger charge is 2.36. The number of benzene rings is 2. The molecule has 0 aliphatic carbocycles. The highest BCUT2D eigenvalue weighted by Crippen LogP contribution is 2.31. The first-order valence-electron chi connectivity index (χ1n) is 12.3. The van der Waals surface area contributed by atoms with Crippen molar-refractivity contribution in [2.24, 2.45) is 0 Å². The first kappa shape index (κ1) is 30.5. The molecule has 2 atom stereocenters. The zero-order chi connectivity index (χ0) is 27.9. The lowest BCUT2D eigenvalue weighted by Gasteiger charge is -2.35. The summed E-state index contributed by atoms with van der Waals surface area (Å²) in [7, 11) is 0. The Bertz CT molecular complexity index is 1110. The molecule has 7 nitrogen and oxygen atoms in total. The summed E-state index contributed by atoms with van der Waals surface area (Å²) < 4.78 is 5.34. The molecule has 2 unspecified atom stereocenters. The Hall–Kier alpha value is -2.71. The number of hydrogen-bond acceptors (Lipinski definition) is 5. The van der Waals surface area contributed by atoms with E-state index in [1.165, 1.54) is 4.90 Å². The van der Waals surface area contributed by atoms with Gasteiger partial charge >= 0.3 is 6.09 Å². The number of carbonyl (C=O) groups excluding carboxylic acids is 3. The van der Waals surface area contributed by atoms with Crippen LogP contribution in [0.3, 0.4) is 0 Å². The highest BCUT2D eigenvalue weighted by molar-refractivity contribution is 7.80. The molecule has 3 amide bonds. The van der Waals surface area contributed by atoms with Gasteiger partial charge in [-0.05, 0) is 70.7 Å². The Morgan fingerprint density at radius 1 is 1.08 bits per heavy atom. The Kier molecular flexibility index (Phi) is 10.9. The van der Waals surface area contributed by atoms with Gasteiger partial charge < -0.3 is 20.3 Å². The van der Waals surface area contributed by atoms with E-state index in [2.05, 4.69) is 23.3 Å². The smallest absolute Gasteiger partial charge is 0.408 e. The van der Waals surface area contributed by atoms with Crippen molar-refractivity contribution < 1.29 is 19.1 Å². The number of alkyl carbamates (subject to hydrolysis) is 1. The van der Waals surface area contributed by atoms with Crippen LogP contribution in [-0.2, 0) is 14.3 Å². The van der Waals surface area contributed by atoms with Crippen LogP contribution in [0.5, 0.6) is 0 Å². The van der Waals surface area contributed by atoms with Crippen LogP contribution in [0.4, 0.5) is 10.5 Å². The molecule has 0 aliphatic heterocycles. The highest BCUT2D eigenvalue weighted by atomic mass is 35.5. The number of nitrogens with zero attached hydrogens (tertiary/aromatic N) is 1. The van der Waals surface area contributed by atoms with Crippen LogP contribution in [-0.4, -0.2) is 46.7 Å². The molecule has 0 heterocycles. The summed E-state index contributed by atoms with van der Waals surface area (Å²) >= 11 is 10.7. The average molecular weight is 548 g/mol. The van der Waals surface area contributed by atoms with Gasteiger partial charge in [0.05, 0.1) is 10.7 Å². The van der Waals surface area contributed by atoms with E-state index in [-0.39, 0.29) is 12.3 Å². The largest absolute Gasteiger partial charge is 0.444 e. The molecule has 9 heteroatoms. The zero-order valence-corrected chi connectivity index (χ0v) is 24.3. The molecule has 2 aromatic rings. The SMILES string of the molecule is CCCN(C(=O)C(CS)NC(=O)OC(C)(C)C)C(C(=O)Nc1c(C)cccc1Cl)c1cc(C)ccc1C. The van der Waals surface area contributed by atoms with Gasteiger partial charge in [-0.25, -0.2) is 4.79 Å². The van der Waals surface area contributed by atoms with E-state index < -0.39 is 35.6 Å². The first-order valence-corrected chi connectivity index (χ1v) is 13.3. The second kappa shape index (κ2) is 13.2. The average Bonchev–Trinajstić information content (AvgIpc) is 2.80. The van der Waals surface area contributed by atoms with Crippen molar-refractivity contribution in [2.75, 3.05) is 17.6 Å². The van der Waals surface area contributed by atoms with Gasteiger partial charge in [0.2, 0.25) is 5.91 Å². The number of amides is 3.